The summed E-state index contributed by atoms with van der Waals surface area (Å²) >= 11 is 0. The fourth-order valence-corrected chi connectivity index (χ4v) is 1.11. The number of hydrogen-bond donors (Lipinski definition) is 1. The van der Waals surface area contributed by atoms with Gasteiger partial charge in [0, 0.05) is 12.1 Å². The molecule has 0 spiro atoms. The Balaban J connectivity index is 2.87. The molecule has 1 N–H and O–H groups in total. The van der Waals surface area contributed by atoms with Gasteiger partial charge in [0.05, 0.1) is 0 Å². The van der Waals surface area contributed by atoms with Crippen LogP contribution in [-0.2, 0) is 0 Å². The van der Waals surface area contributed by atoms with Crippen molar-refractivity contribution in [1.82, 2.24) is 5.32 Å². The third-order valence-electron chi connectivity index (χ3n) is 1.58. The standard InChI is InChI=1S/C9H13NO2/c1-4-10-9(11)8-6(2)5-7(3)12-8/h5H,4H2,1-3H3,(H,10,11). The van der Waals surface area contributed by atoms with Crippen molar-refractivity contribution >= 4 is 5.91 Å². The van der Waals surface area contributed by atoms with E-state index in [0.717, 1.165) is 11.3 Å². The zero-order chi connectivity index (χ0) is 9.14. The fraction of sp³-hybridized carbons (Fsp3) is 0.444. The molecule has 1 rings (SSSR count). The summed E-state index contributed by atoms with van der Waals surface area (Å²) in [5.74, 6) is 1.06. The second-order valence-electron chi connectivity index (χ2n) is 2.73. The third kappa shape index (κ3) is 1.67. The number of rotatable bonds is 2. The van der Waals surface area contributed by atoms with Gasteiger partial charge in [-0.15, -0.1) is 0 Å². The first-order valence-electron chi connectivity index (χ1n) is 4.00. The van der Waals surface area contributed by atoms with Crippen LogP contribution in [0.5, 0.6) is 0 Å². The monoisotopic (exact) mass is 167 g/mol. The predicted molar refractivity (Wildman–Crippen MR) is 46.2 cm³/mol. The molecule has 66 valence electrons. The molecule has 0 unspecified atom stereocenters. The Morgan fingerprint density at radius 3 is 2.67 bits per heavy atom. The first-order valence-corrected chi connectivity index (χ1v) is 4.00. The number of carbonyl (C=O) groups excluding carboxylic acids is 1. The lowest BCUT2D eigenvalue weighted by Crippen LogP contribution is -2.22. The molecule has 0 bridgehead atoms. The second kappa shape index (κ2) is 3.43. The lowest BCUT2D eigenvalue weighted by molar-refractivity contribution is 0.0926. The van der Waals surface area contributed by atoms with Crippen LogP contribution >= 0.6 is 0 Å². The number of nitrogens with one attached hydrogen (secondary N) is 1. The van der Waals surface area contributed by atoms with Gasteiger partial charge in [-0.1, -0.05) is 0 Å². The number of amides is 1. The van der Waals surface area contributed by atoms with Crippen molar-refractivity contribution in [2.45, 2.75) is 20.8 Å². The molecule has 0 radical (unpaired) electrons. The van der Waals surface area contributed by atoms with E-state index in [4.69, 9.17) is 4.42 Å². The molecule has 0 fully saturated rings. The molecule has 3 nitrogen and oxygen atoms in total. The van der Waals surface area contributed by atoms with Crippen LogP contribution in [-0.4, -0.2) is 12.5 Å². The first kappa shape index (κ1) is 8.84. The smallest absolute Gasteiger partial charge is 0.287 e. The Kier molecular flexibility index (Phi) is 2.53. The van der Waals surface area contributed by atoms with Gasteiger partial charge in [-0.05, 0) is 26.8 Å². The van der Waals surface area contributed by atoms with Gasteiger partial charge in [0.1, 0.15) is 5.76 Å². The Hall–Kier alpha value is -1.25. The van der Waals surface area contributed by atoms with Crippen LogP contribution < -0.4 is 5.32 Å². The SMILES string of the molecule is CCNC(=O)c1oc(C)cc1C. The molecule has 1 aromatic rings. The van der Waals surface area contributed by atoms with E-state index in [1.807, 2.05) is 26.8 Å². The zero-order valence-corrected chi connectivity index (χ0v) is 7.60. The average Bonchev–Trinajstić information content (AvgIpc) is 2.30. The Morgan fingerprint density at radius 1 is 1.58 bits per heavy atom. The summed E-state index contributed by atoms with van der Waals surface area (Å²) < 4.78 is 5.22. The quantitative estimate of drug-likeness (QED) is 0.727. The molecule has 1 heterocycles. The number of aryl methyl sites for hydroxylation is 2. The molecule has 1 aromatic heterocycles. The van der Waals surface area contributed by atoms with Crippen LogP contribution in [0.1, 0.15) is 28.8 Å². The molecule has 0 saturated heterocycles. The Morgan fingerprint density at radius 2 is 2.25 bits per heavy atom. The van der Waals surface area contributed by atoms with Crippen molar-refractivity contribution in [3.8, 4) is 0 Å². The van der Waals surface area contributed by atoms with Gasteiger partial charge >= 0.3 is 0 Å². The van der Waals surface area contributed by atoms with Gasteiger partial charge in [-0.3, -0.25) is 4.79 Å². The van der Waals surface area contributed by atoms with Gasteiger partial charge in [0.2, 0.25) is 0 Å². The van der Waals surface area contributed by atoms with Gasteiger partial charge in [0.25, 0.3) is 5.91 Å². The van der Waals surface area contributed by atoms with Crippen LogP contribution in [0.2, 0.25) is 0 Å². The maximum atomic E-state index is 11.3. The van der Waals surface area contributed by atoms with Crippen LogP contribution in [0.25, 0.3) is 0 Å². The van der Waals surface area contributed by atoms with E-state index in [9.17, 15) is 4.79 Å². The predicted octanol–water partition coefficient (Wildman–Crippen LogP) is 1.65. The van der Waals surface area contributed by atoms with Crippen LogP contribution in [0, 0.1) is 13.8 Å². The van der Waals surface area contributed by atoms with E-state index in [1.165, 1.54) is 0 Å². The highest BCUT2D eigenvalue weighted by atomic mass is 16.3. The molecular formula is C9H13NO2. The first-order chi connectivity index (χ1) is 5.65. The van der Waals surface area contributed by atoms with E-state index in [1.54, 1.807) is 0 Å². The molecule has 0 saturated carbocycles. The summed E-state index contributed by atoms with van der Waals surface area (Å²) in [4.78, 5) is 11.3. The third-order valence-corrected chi connectivity index (χ3v) is 1.58. The lowest BCUT2D eigenvalue weighted by atomic mass is 10.2. The van der Waals surface area contributed by atoms with E-state index in [2.05, 4.69) is 5.32 Å². The van der Waals surface area contributed by atoms with Crippen molar-refractivity contribution in [2.75, 3.05) is 6.54 Å². The molecule has 0 aliphatic heterocycles. The summed E-state index contributed by atoms with van der Waals surface area (Å²) in [6.45, 7) is 6.19. The van der Waals surface area contributed by atoms with E-state index in [0.29, 0.717) is 12.3 Å². The summed E-state index contributed by atoms with van der Waals surface area (Å²) in [7, 11) is 0. The van der Waals surface area contributed by atoms with Crippen LogP contribution in [0.4, 0.5) is 0 Å². The maximum absolute atomic E-state index is 11.3. The van der Waals surface area contributed by atoms with Crippen molar-refractivity contribution in [3.63, 3.8) is 0 Å². The number of carbonyl (C=O) groups is 1. The van der Waals surface area contributed by atoms with Crippen molar-refractivity contribution < 1.29 is 9.21 Å². The van der Waals surface area contributed by atoms with Crippen LogP contribution in [0.15, 0.2) is 10.5 Å². The zero-order valence-electron chi connectivity index (χ0n) is 7.60. The minimum Gasteiger partial charge on any atom is -0.456 e. The van der Waals surface area contributed by atoms with Crippen molar-refractivity contribution in [1.29, 1.82) is 0 Å². The minimum absolute atomic E-state index is 0.136. The molecule has 0 atom stereocenters. The van der Waals surface area contributed by atoms with Crippen LogP contribution in [0.3, 0.4) is 0 Å². The second-order valence-corrected chi connectivity index (χ2v) is 2.73. The fourth-order valence-electron chi connectivity index (χ4n) is 1.11. The molecule has 0 aliphatic rings. The van der Waals surface area contributed by atoms with Gasteiger partial charge in [0.15, 0.2) is 5.76 Å². The van der Waals surface area contributed by atoms with Crippen molar-refractivity contribution in [2.24, 2.45) is 0 Å². The Labute approximate surface area is 71.8 Å². The highest BCUT2D eigenvalue weighted by Gasteiger charge is 2.12. The van der Waals surface area contributed by atoms with E-state index in [-0.39, 0.29) is 5.91 Å². The molecule has 12 heavy (non-hydrogen) atoms. The average molecular weight is 167 g/mol. The van der Waals surface area contributed by atoms with Gasteiger partial charge < -0.3 is 9.73 Å². The van der Waals surface area contributed by atoms with Gasteiger partial charge in [-0.25, -0.2) is 0 Å². The number of furan rings is 1. The van der Waals surface area contributed by atoms with Crippen molar-refractivity contribution in [3.05, 3.63) is 23.2 Å². The molecular weight excluding hydrogens is 154 g/mol. The highest BCUT2D eigenvalue weighted by Crippen LogP contribution is 2.12. The highest BCUT2D eigenvalue weighted by molar-refractivity contribution is 5.92. The normalized spacial score (nSPS) is 9.92. The molecule has 0 aliphatic carbocycles. The number of hydrogen-bond acceptors (Lipinski definition) is 2. The topological polar surface area (TPSA) is 42.2 Å². The lowest BCUT2D eigenvalue weighted by Gasteiger charge is -1.98. The summed E-state index contributed by atoms with van der Waals surface area (Å²) in [6.07, 6.45) is 0. The summed E-state index contributed by atoms with van der Waals surface area (Å²) in [5.41, 5.74) is 0.887. The summed E-state index contributed by atoms with van der Waals surface area (Å²) in [6, 6.07) is 1.85. The molecule has 3 heteroatoms. The van der Waals surface area contributed by atoms with Gasteiger partial charge in [-0.2, -0.15) is 0 Å². The minimum atomic E-state index is -0.136. The van der Waals surface area contributed by atoms with E-state index >= 15 is 0 Å². The summed E-state index contributed by atoms with van der Waals surface area (Å²) in [5, 5.41) is 2.68. The van der Waals surface area contributed by atoms with E-state index < -0.39 is 0 Å². The molecule has 1 amide bonds. The maximum Gasteiger partial charge on any atom is 0.287 e. The largest absolute Gasteiger partial charge is 0.456 e. The Bertz CT molecular complexity index is 289. The molecule has 0 aromatic carbocycles.